The highest BCUT2D eigenvalue weighted by atomic mass is 19.1. The van der Waals surface area contributed by atoms with Crippen LogP contribution in [0.15, 0.2) is 36.7 Å². The van der Waals surface area contributed by atoms with Crippen LogP contribution in [0, 0.1) is 5.82 Å². The minimum absolute atomic E-state index is 0.229. The number of ether oxygens (including phenoxy) is 1. The van der Waals surface area contributed by atoms with Gasteiger partial charge in [-0.05, 0) is 24.3 Å². The van der Waals surface area contributed by atoms with Crippen LogP contribution in [0.5, 0.6) is 11.6 Å². The largest absolute Gasteiger partial charge is 0.480 e. The third-order valence-corrected chi connectivity index (χ3v) is 2.08. The molecule has 2 aromatic rings. The SMILES string of the molecule is O=C(O)CNc1cnc(Oc2ccc(F)cc2)cn1. The molecule has 19 heavy (non-hydrogen) atoms. The van der Waals surface area contributed by atoms with Crippen molar-refractivity contribution in [1.82, 2.24) is 9.97 Å². The van der Waals surface area contributed by atoms with E-state index in [1.807, 2.05) is 0 Å². The fourth-order valence-corrected chi connectivity index (χ4v) is 1.25. The summed E-state index contributed by atoms with van der Waals surface area (Å²) in [6.07, 6.45) is 2.69. The summed E-state index contributed by atoms with van der Waals surface area (Å²) in [5, 5.41) is 11.0. The van der Waals surface area contributed by atoms with Crippen molar-refractivity contribution >= 4 is 11.8 Å². The Hall–Kier alpha value is -2.70. The van der Waals surface area contributed by atoms with Gasteiger partial charge in [0.15, 0.2) is 0 Å². The fraction of sp³-hybridized carbons (Fsp3) is 0.0833. The van der Waals surface area contributed by atoms with Gasteiger partial charge in [0.25, 0.3) is 0 Å². The number of benzene rings is 1. The molecule has 0 bridgehead atoms. The van der Waals surface area contributed by atoms with Gasteiger partial charge in [-0.25, -0.2) is 14.4 Å². The summed E-state index contributed by atoms with van der Waals surface area (Å²) in [4.78, 5) is 18.2. The van der Waals surface area contributed by atoms with E-state index in [0.29, 0.717) is 11.6 Å². The third-order valence-electron chi connectivity index (χ3n) is 2.08. The second-order valence-corrected chi connectivity index (χ2v) is 3.54. The molecule has 0 spiro atoms. The predicted octanol–water partition coefficient (Wildman–Crippen LogP) is 1.90. The van der Waals surface area contributed by atoms with Crippen LogP contribution in [0.2, 0.25) is 0 Å². The van der Waals surface area contributed by atoms with Crippen LogP contribution in [-0.4, -0.2) is 27.6 Å². The van der Waals surface area contributed by atoms with Gasteiger partial charge in [0, 0.05) is 0 Å². The van der Waals surface area contributed by atoms with E-state index in [2.05, 4.69) is 15.3 Å². The van der Waals surface area contributed by atoms with Gasteiger partial charge in [0.2, 0.25) is 5.88 Å². The van der Waals surface area contributed by atoms with Crippen LogP contribution < -0.4 is 10.1 Å². The Balaban J connectivity index is 1.98. The molecule has 1 heterocycles. The average molecular weight is 263 g/mol. The molecule has 0 saturated heterocycles. The molecule has 0 radical (unpaired) electrons. The van der Waals surface area contributed by atoms with Crippen LogP contribution in [-0.2, 0) is 4.79 Å². The summed E-state index contributed by atoms with van der Waals surface area (Å²) in [5.74, 6) is -0.358. The lowest BCUT2D eigenvalue weighted by atomic mass is 10.3. The number of hydrogen-bond donors (Lipinski definition) is 2. The second kappa shape index (κ2) is 5.76. The monoisotopic (exact) mass is 263 g/mol. The van der Waals surface area contributed by atoms with Crippen molar-refractivity contribution in [3.05, 3.63) is 42.5 Å². The van der Waals surface area contributed by atoms with Crippen LogP contribution in [0.4, 0.5) is 10.2 Å². The fourth-order valence-electron chi connectivity index (χ4n) is 1.25. The third kappa shape index (κ3) is 3.91. The van der Waals surface area contributed by atoms with Crippen molar-refractivity contribution in [2.45, 2.75) is 0 Å². The van der Waals surface area contributed by atoms with Crippen molar-refractivity contribution in [2.75, 3.05) is 11.9 Å². The summed E-state index contributed by atoms with van der Waals surface area (Å²) < 4.78 is 18.0. The Morgan fingerprint density at radius 1 is 1.26 bits per heavy atom. The first-order valence-corrected chi connectivity index (χ1v) is 5.34. The van der Waals surface area contributed by atoms with Gasteiger partial charge in [-0.1, -0.05) is 0 Å². The number of halogens is 1. The maximum Gasteiger partial charge on any atom is 0.322 e. The summed E-state index contributed by atoms with van der Waals surface area (Å²) in [7, 11) is 0. The molecule has 1 aromatic heterocycles. The van der Waals surface area contributed by atoms with Gasteiger partial charge in [0.05, 0.1) is 12.4 Å². The van der Waals surface area contributed by atoms with Crippen LogP contribution in [0.1, 0.15) is 0 Å². The highest BCUT2D eigenvalue weighted by Gasteiger charge is 2.02. The van der Waals surface area contributed by atoms with Gasteiger partial charge in [-0.2, -0.15) is 0 Å². The topological polar surface area (TPSA) is 84.3 Å². The van der Waals surface area contributed by atoms with Crippen molar-refractivity contribution in [2.24, 2.45) is 0 Å². The molecule has 2 rings (SSSR count). The van der Waals surface area contributed by atoms with Gasteiger partial charge in [0.1, 0.15) is 23.9 Å². The van der Waals surface area contributed by atoms with Crippen LogP contribution in [0.25, 0.3) is 0 Å². The quantitative estimate of drug-likeness (QED) is 0.857. The van der Waals surface area contributed by atoms with Gasteiger partial charge >= 0.3 is 5.97 Å². The molecule has 0 fully saturated rings. The van der Waals surface area contributed by atoms with E-state index in [0.717, 1.165) is 0 Å². The van der Waals surface area contributed by atoms with E-state index in [-0.39, 0.29) is 18.2 Å². The summed E-state index contributed by atoms with van der Waals surface area (Å²) in [6.45, 7) is -0.243. The Morgan fingerprint density at radius 2 is 2.00 bits per heavy atom. The van der Waals surface area contributed by atoms with E-state index in [9.17, 15) is 9.18 Å². The van der Waals surface area contributed by atoms with Crippen LogP contribution >= 0.6 is 0 Å². The zero-order chi connectivity index (χ0) is 13.7. The van der Waals surface area contributed by atoms with Gasteiger partial charge < -0.3 is 15.2 Å². The van der Waals surface area contributed by atoms with Gasteiger partial charge in [-0.15, -0.1) is 0 Å². The standard InChI is InChI=1S/C12H10FN3O3/c13-8-1-3-9(4-2-8)19-11-6-14-10(5-16-11)15-7-12(17)18/h1-6H,7H2,(H,14,15)(H,17,18). The highest BCUT2D eigenvalue weighted by molar-refractivity contribution is 5.72. The first kappa shape index (κ1) is 12.7. The molecule has 0 aliphatic heterocycles. The number of carboxylic acid groups (broad SMARTS) is 1. The smallest absolute Gasteiger partial charge is 0.322 e. The van der Waals surface area contributed by atoms with E-state index in [1.165, 1.54) is 36.7 Å². The number of aliphatic carboxylic acids is 1. The minimum Gasteiger partial charge on any atom is -0.480 e. The van der Waals surface area contributed by atoms with Crippen molar-refractivity contribution in [3.8, 4) is 11.6 Å². The molecular formula is C12H10FN3O3. The molecule has 0 unspecified atom stereocenters. The lowest BCUT2D eigenvalue weighted by Crippen LogP contribution is -2.13. The molecule has 7 heteroatoms. The maximum absolute atomic E-state index is 12.7. The van der Waals surface area contributed by atoms with Crippen LogP contribution in [0.3, 0.4) is 0 Å². The van der Waals surface area contributed by atoms with E-state index in [4.69, 9.17) is 9.84 Å². The minimum atomic E-state index is -0.992. The van der Waals surface area contributed by atoms with Gasteiger partial charge in [-0.3, -0.25) is 4.79 Å². The van der Waals surface area contributed by atoms with Crippen molar-refractivity contribution in [3.63, 3.8) is 0 Å². The lowest BCUT2D eigenvalue weighted by molar-refractivity contribution is -0.134. The molecule has 2 N–H and O–H groups in total. The molecule has 0 amide bonds. The Bertz CT molecular complexity index is 557. The van der Waals surface area contributed by atoms with Crippen molar-refractivity contribution in [1.29, 1.82) is 0 Å². The number of aromatic nitrogens is 2. The number of rotatable bonds is 5. The first-order chi connectivity index (χ1) is 9.13. The number of carboxylic acids is 1. The summed E-state index contributed by atoms with van der Waals surface area (Å²) in [6, 6.07) is 5.47. The molecule has 0 aliphatic rings. The molecule has 0 atom stereocenters. The number of hydrogen-bond acceptors (Lipinski definition) is 5. The summed E-state index contributed by atoms with van der Waals surface area (Å²) >= 11 is 0. The van der Waals surface area contributed by atoms with Crippen molar-refractivity contribution < 1.29 is 19.0 Å². The number of carbonyl (C=O) groups is 1. The Morgan fingerprint density at radius 3 is 2.58 bits per heavy atom. The normalized spacial score (nSPS) is 9.95. The summed E-state index contributed by atoms with van der Waals surface area (Å²) in [5.41, 5.74) is 0. The molecular weight excluding hydrogens is 253 g/mol. The number of nitrogens with zero attached hydrogens (tertiary/aromatic N) is 2. The molecule has 1 aromatic carbocycles. The zero-order valence-corrected chi connectivity index (χ0v) is 9.71. The Labute approximate surface area is 107 Å². The van der Waals surface area contributed by atoms with E-state index in [1.54, 1.807) is 0 Å². The molecule has 0 saturated carbocycles. The van der Waals surface area contributed by atoms with E-state index >= 15 is 0 Å². The number of nitrogens with one attached hydrogen (secondary N) is 1. The molecule has 98 valence electrons. The van der Waals surface area contributed by atoms with E-state index < -0.39 is 5.97 Å². The molecule has 6 nitrogen and oxygen atoms in total. The molecule has 0 aliphatic carbocycles. The second-order valence-electron chi connectivity index (χ2n) is 3.54. The maximum atomic E-state index is 12.7. The number of anilines is 1. The predicted molar refractivity (Wildman–Crippen MR) is 64.6 cm³/mol. The zero-order valence-electron chi connectivity index (χ0n) is 9.71. The Kier molecular flexibility index (Phi) is 3.87. The highest BCUT2D eigenvalue weighted by Crippen LogP contribution is 2.19. The average Bonchev–Trinajstić information content (AvgIpc) is 2.40. The lowest BCUT2D eigenvalue weighted by Gasteiger charge is -2.05. The first-order valence-electron chi connectivity index (χ1n) is 5.34.